The number of nitrogens with zero attached hydrogens (tertiary/aromatic N) is 2. The Kier molecular flexibility index (Phi) is 7.46. The molecule has 0 fully saturated rings. The highest BCUT2D eigenvalue weighted by Crippen LogP contribution is 2.44. The number of hydrogen-bond acceptors (Lipinski definition) is 6. The number of benzene rings is 4. The van der Waals surface area contributed by atoms with Gasteiger partial charge in [-0.2, -0.15) is 0 Å². The number of fused-ring (bicyclic) bond motifs is 4. The zero-order valence-corrected chi connectivity index (χ0v) is 23.1. The Bertz CT molecular complexity index is 1640. The molecule has 3 amide bonds. The highest BCUT2D eigenvalue weighted by Gasteiger charge is 2.38. The smallest absolute Gasteiger partial charge is 0.410 e. The van der Waals surface area contributed by atoms with Gasteiger partial charge >= 0.3 is 12.1 Å². The van der Waals surface area contributed by atoms with Crippen molar-refractivity contribution in [2.45, 2.75) is 18.9 Å². The summed E-state index contributed by atoms with van der Waals surface area (Å²) in [7, 11) is 0. The molecule has 0 N–H and O–H groups in total. The summed E-state index contributed by atoms with van der Waals surface area (Å²) in [5.74, 6) is -2.41. The van der Waals surface area contributed by atoms with Gasteiger partial charge in [0, 0.05) is 17.5 Å². The minimum Gasteiger partial charge on any atom is -0.448 e. The molecule has 6 rings (SSSR count). The monoisotopic (exact) mass is 580 g/mol. The highest BCUT2D eigenvalue weighted by atomic mass is 35.5. The van der Waals surface area contributed by atoms with Crippen LogP contribution in [0.25, 0.3) is 11.1 Å². The first-order chi connectivity index (χ1) is 20.4. The maximum absolute atomic E-state index is 13.4. The third-order valence-electron chi connectivity index (χ3n) is 7.45. The van der Waals surface area contributed by atoms with Crippen molar-refractivity contribution in [3.63, 3.8) is 0 Å². The molecule has 0 aromatic heterocycles. The van der Waals surface area contributed by atoms with E-state index in [9.17, 15) is 19.2 Å². The van der Waals surface area contributed by atoms with Gasteiger partial charge in [-0.05, 0) is 46.0 Å². The summed E-state index contributed by atoms with van der Waals surface area (Å²) >= 11 is 6.37. The highest BCUT2D eigenvalue weighted by molar-refractivity contribution is 6.31. The molecule has 210 valence electrons. The van der Waals surface area contributed by atoms with Crippen LogP contribution in [0.15, 0.2) is 97.1 Å². The van der Waals surface area contributed by atoms with Gasteiger partial charge in [-0.3, -0.25) is 9.59 Å². The first-order valence-corrected chi connectivity index (χ1v) is 13.8. The van der Waals surface area contributed by atoms with Crippen LogP contribution >= 0.6 is 11.6 Å². The molecule has 0 saturated carbocycles. The first kappa shape index (κ1) is 27.2. The van der Waals surface area contributed by atoms with Crippen molar-refractivity contribution < 1.29 is 28.8 Å². The molecule has 0 atom stereocenters. The van der Waals surface area contributed by atoms with Crippen LogP contribution in [-0.2, 0) is 20.9 Å². The van der Waals surface area contributed by atoms with E-state index in [1.54, 1.807) is 36.4 Å². The number of imide groups is 1. The molecule has 0 bridgehead atoms. The number of hydroxylamine groups is 2. The van der Waals surface area contributed by atoms with E-state index in [0.717, 1.165) is 22.3 Å². The molecule has 1 aliphatic carbocycles. The molecule has 2 aliphatic rings. The van der Waals surface area contributed by atoms with E-state index in [1.807, 2.05) is 36.4 Å². The van der Waals surface area contributed by atoms with Crippen LogP contribution in [0.4, 0.5) is 4.79 Å². The quantitative estimate of drug-likeness (QED) is 0.229. The van der Waals surface area contributed by atoms with Crippen LogP contribution in [0.2, 0.25) is 5.02 Å². The van der Waals surface area contributed by atoms with Crippen LogP contribution in [-0.4, -0.2) is 47.0 Å². The molecule has 9 heteroatoms. The number of ether oxygens (including phenoxy) is 1. The lowest BCUT2D eigenvalue weighted by molar-refractivity contribution is -0.168. The van der Waals surface area contributed by atoms with Crippen molar-refractivity contribution in [1.82, 2.24) is 9.96 Å². The minimum absolute atomic E-state index is 0.0800. The van der Waals surface area contributed by atoms with Crippen molar-refractivity contribution in [1.29, 1.82) is 0 Å². The van der Waals surface area contributed by atoms with Crippen LogP contribution in [0.1, 0.15) is 49.7 Å². The fourth-order valence-corrected chi connectivity index (χ4v) is 5.57. The second-order valence-electron chi connectivity index (χ2n) is 9.98. The predicted molar refractivity (Wildman–Crippen MR) is 155 cm³/mol. The first-order valence-electron chi connectivity index (χ1n) is 13.4. The molecule has 0 spiro atoms. The van der Waals surface area contributed by atoms with E-state index in [1.165, 1.54) is 17.0 Å². The normalized spacial score (nSPS) is 13.4. The van der Waals surface area contributed by atoms with Crippen LogP contribution in [0.5, 0.6) is 0 Å². The largest absolute Gasteiger partial charge is 0.448 e. The molecule has 4 aromatic carbocycles. The van der Waals surface area contributed by atoms with Crippen LogP contribution < -0.4 is 0 Å². The number of amides is 3. The molecule has 0 radical (unpaired) electrons. The van der Waals surface area contributed by atoms with Crippen molar-refractivity contribution in [3.8, 4) is 11.1 Å². The fourth-order valence-electron chi connectivity index (χ4n) is 5.38. The Labute approximate surface area is 247 Å². The van der Waals surface area contributed by atoms with E-state index in [2.05, 4.69) is 12.1 Å². The lowest BCUT2D eigenvalue weighted by atomic mass is 9.98. The van der Waals surface area contributed by atoms with Gasteiger partial charge in [0.15, 0.2) is 0 Å². The van der Waals surface area contributed by atoms with Gasteiger partial charge in [0.25, 0.3) is 11.8 Å². The predicted octanol–water partition coefficient (Wildman–Crippen LogP) is 6.24. The topological polar surface area (TPSA) is 93.2 Å². The summed E-state index contributed by atoms with van der Waals surface area (Å²) in [4.78, 5) is 57.9. The summed E-state index contributed by atoms with van der Waals surface area (Å²) in [6.07, 6.45) is -0.924. The Morgan fingerprint density at radius 1 is 0.738 bits per heavy atom. The molecule has 1 heterocycles. The van der Waals surface area contributed by atoms with Crippen molar-refractivity contribution in [2.75, 3.05) is 13.2 Å². The number of hydrogen-bond donors (Lipinski definition) is 0. The third kappa shape index (κ3) is 5.12. The average Bonchev–Trinajstić information content (AvgIpc) is 3.46. The molecule has 1 aliphatic heterocycles. The lowest BCUT2D eigenvalue weighted by Crippen LogP contribution is -2.36. The van der Waals surface area contributed by atoms with E-state index < -0.39 is 23.9 Å². The van der Waals surface area contributed by atoms with Gasteiger partial charge in [0.05, 0.1) is 24.1 Å². The van der Waals surface area contributed by atoms with E-state index in [0.29, 0.717) is 15.6 Å². The van der Waals surface area contributed by atoms with Gasteiger partial charge in [0.2, 0.25) is 0 Å². The molecular weight excluding hydrogens is 556 g/mol. The SMILES string of the molecule is O=C(CCN(Cc1ccccc1Cl)C(=O)OCC1c2ccccc2-c2ccccc21)ON1C(=O)c2ccccc2C1=O. The van der Waals surface area contributed by atoms with Gasteiger partial charge < -0.3 is 14.5 Å². The summed E-state index contributed by atoms with van der Waals surface area (Å²) in [6, 6.07) is 29.4. The molecule has 0 saturated heterocycles. The maximum atomic E-state index is 13.4. The van der Waals surface area contributed by atoms with Crippen molar-refractivity contribution >= 4 is 35.5 Å². The van der Waals surface area contributed by atoms with Gasteiger partial charge in [0.1, 0.15) is 6.61 Å². The van der Waals surface area contributed by atoms with Crippen LogP contribution in [0.3, 0.4) is 0 Å². The Hall–Kier alpha value is -4.95. The Morgan fingerprint density at radius 2 is 1.26 bits per heavy atom. The third-order valence-corrected chi connectivity index (χ3v) is 7.82. The van der Waals surface area contributed by atoms with Crippen molar-refractivity contribution in [2.24, 2.45) is 0 Å². The number of halogens is 1. The summed E-state index contributed by atoms with van der Waals surface area (Å²) in [5.41, 5.74) is 5.36. The molecule has 0 unspecified atom stereocenters. The number of rotatable bonds is 8. The molecular formula is C33H25ClN2O6. The number of carbonyl (C=O) groups excluding carboxylic acids is 4. The Balaban J connectivity index is 1.15. The zero-order chi connectivity index (χ0) is 29.2. The molecule has 42 heavy (non-hydrogen) atoms. The maximum Gasteiger partial charge on any atom is 0.410 e. The average molecular weight is 581 g/mol. The van der Waals surface area contributed by atoms with Crippen molar-refractivity contribution in [3.05, 3.63) is 130 Å². The van der Waals surface area contributed by atoms with E-state index in [-0.39, 0.29) is 43.2 Å². The second kappa shape index (κ2) is 11.5. The zero-order valence-electron chi connectivity index (χ0n) is 22.4. The summed E-state index contributed by atoms with van der Waals surface area (Å²) in [5, 5.41) is 0.918. The van der Waals surface area contributed by atoms with E-state index >= 15 is 0 Å². The number of carbonyl (C=O) groups is 4. The van der Waals surface area contributed by atoms with Gasteiger partial charge in [-0.15, -0.1) is 0 Å². The minimum atomic E-state index is -0.847. The second-order valence-corrected chi connectivity index (χ2v) is 10.4. The van der Waals surface area contributed by atoms with E-state index in [4.69, 9.17) is 21.2 Å². The fraction of sp³-hybridized carbons (Fsp3) is 0.152. The molecule has 8 nitrogen and oxygen atoms in total. The summed E-state index contributed by atoms with van der Waals surface area (Å²) < 4.78 is 5.83. The Morgan fingerprint density at radius 3 is 1.86 bits per heavy atom. The lowest BCUT2D eigenvalue weighted by Gasteiger charge is -2.24. The standard InChI is InChI=1S/C33H25ClN2O6/c34-29-16-8-1-9-21(29)19-35(18-17-30(37)42-36-31(38)26-14-6-7-15-27(26)32(36)39)33(40)41-20-28-24-12-4-2-10-22(24)23-11-3-5-13-25(23)28/h1-16,28H,17-20H2. The van der Waals surface area contributed by atoms with Gasteiger partial charge in [-0.1, -0.05) is 95.5 Å². The summed E-state index contributed by atoms with van der Waals surface area (Å²) in [6.45, 7) is 0.0892. The van der Waals surface area contributed by atoms with Crippen LogP contribution in [0, 0.1) is 0 Å². The van der Waals surface area contributed by atoms with Gasteiger partial charge in [-0.25, -0.2) is 9.59 Å². The molecule has 4 aromatic rings.